The molecule has 1 fully saturated rings. The van der Waals surface area contributed by atoms with Crippen LogP contribution in [0.1, 0.15) is 20.3 Å². The van der Waals surface area contributed by atoms with Crippen LogP contribution in [0.5, 0.6) is 11.5 Å². The minimum absolute atomic E-state index is 0.00949. The maximum absolute atomic E-state index is 13.0. The number of carbonyl (C=O) groups is 1. The Morgan fingerprint density at radius 3 is 2.38 bits per heavy atom. The number of likely N-dealkylation sites (tertiary alicyclic amines) is 1. The SMILES string of the molecule is COc1cccc(OC)c1-n1c(NS(=O)(=O)CCN2C(=O)[C@H](C)C[C@H]2C)nnc1-c1ccco1. The normalized spacial score (nSPS) is 18.4. The minimum atomic E-state index is -3.89. The van der Waals surface area contributed by atoms with E-state index in [1.54, 1.807) is 35.2 Å². The van der Waals surface area contributed by atoms with Crippen molar-refractivity contribution in [1.82, 2.24) is 19.7 Å². The number of carbonyl (C=O) groups excluding carboxylic acids is 1. The second-order valence-corrected chi connectivity index (χ2v) is 9.95. The Kier molecular flexibility index (Phi) is 6.51. The summed E-state index contributed by atoms with van der Waals surface area (Å²) < 4.78 is 46.5. The van der Waals surface area contributed by atoms with Gasteiger partial charge in [-0.05, 0) is 37.6 Å². The first kappa shape index (κ1) is 23.6. The van der Waals surface area contributed by atoms with E-state index >= 15 is 0 Å². The Morgan fingerprint density at radius 2 is 1.82 bits per heavy atom. The van der Waals surface area contributed by atoms with E-state index in [1.165, 1.54) is 25.0 Å². The standard InChI is InChI=1S/C22H27N5O6S/c1-14-13-15(2)26(21(14)28)10-12-34(29,30)25-22-24-23-20(18-9-6-11-33-18)27(22)19-16(31-3)7-5-8-17(19)32-4/h5-9,11,14-15H,10,12-13H2,1-4H3,(H,24,25)/t14-,15-/m1/s1. The van der Waals surface area contributed by atoms with Crippen molar-refractivity contribution in [2.75, 3.05) is 31.2 Å². The van der Waals surface area contributed by atoms with Crippen LogP contribution in [0.2, 0.25) is 0 Å². The number of sulfonamides is 1. The van der Waals surface area contributed by atoms with Gasteiger partial charge in [-0.3, -0.25) is 14.1 Å². The molecule has 0 radical (unpaired) electrons. The van der Waals surface area contributed by atoms with E-state index in [0.29, 0.717) is 29.4 Å². The van der Waals surface area contributed by atoms with Crippen LogP contribution in [0.3, 0.4) is 0 Å². The maximum atomic E-state index is 13.0. The molecule has 2 aromatic heterocycles. The van der Waals surface area contributed by atoms with Crippen molar-refractivity contribution < 1.29 is 27.1 Å². The van der Waals surface area contributed by atoms with Crippen molar-refractivity contribution in [2.24, 2.45) is 5.92 Å². The van der Waals surface area contributed by atoms with Gasteiger partial charge in [-0.15, -0.1) is 10.2 Å². The monoisotopic (exact) mass is 489 g/mol. The zero-order valence-electron chi connectivity index (χ0n) is 19.4. The number of para-hydroxylation sites is 1. The van der Waals surface area contributed by atoms with Gasteiger partial charge in [0.25, 0.3) is 0 Å². The Hall–Kier alpha value is -3.54. The topological polar surface area (TPSA) is 129 Å². The molecule has 4 rings (SSSR count). The first-order valence-electron chi connectivity index (χ1n) is 10.8. The van der Waals surface area contributed by atoms with Crippen molar-refractivity contribution >= 4 is 21.9 Å². The molecule has 3 heterocycles. The lowest BCUT2D eigenvalue weighted by molar-refractivity contribution is -0.131. The lowest BCUT2D eigenvalue weighted by Gasteiger charge is -2.22. The lowest BCUT2D eigenvalue weighted by Crippen LogP contribution is -2.37. The quantitative estimate of drug-likeness (QED) is 0.486. The van der Waals surface area contributed by atoms with Gasteiger partial charge in [0.05, 0.1) is 26.2 Å². The van der Waals surface area contributed by atoms with Crippen molar-refractivity contribution in [3.8, 4) is 28.8 Å². The number of benzene rings is 1. The molecule has 0 spiro atoms. The predicted molar refractivity (Wildman–Crippen MR) is 125 cm³/mol. The lowest BCUT2D eigenvalue weighted by atomic mass is 10.1. The highest BCUT2D eigenvalue weighted by molar-refractivity contribution is 7.92. The first-order chi connectivity index (χ1) is 16.3. The highest BCUT2D eigenvalue weighted by atomic mass is 32.2. The highest BCUT2D eigenvalue weighted by Crippen LogP contribution is 2.37. The molecular weight excluding hydrogens is 462 g/mol. The Morgan fingerprint density at radius 1 is 1.12 bits per heavy atom. The van der Waals surface area contributed by atoms with Crippen LogP contribution in [0.15, 0.2) is 41.0 Å². The third-order valence-corrected chi connectivity index (χ3v) is 7.02. The second kappa shape index (κ2) is 9.37. The molecule has 12 heteroatoms. The maximum Gasteiger partial charge on any atom is 0.243 e. The third kappa shape index (κ3) is 4.45. The summed E-state index contributed by atoms with van der Waals surface area (Å²) in [4.78, 5) is 14.0. The zero-order chi connectivity index (χ0) is 24.5. The molecule has 1 amide bonds. The van der Waals surface area contributed by atoms with E-state index in [4.69, 9.17) is 13.9 Å². The Labute approximate surface area is 197 Å². The molecule has 1 saturated heterocycles. The molecule has 1 N–H and O–H groups in total. The number of furan rings is 1. The van der Waals surface area contributed by atoms with E-state index in [2.05, 4.69) is 14.9 Å². The molecule has 2 atom stereocenters. The van der Waals surface area contributed by atoms with Gasteiger partial charge in [0.1, 0.15) is 17.2 Å². The summed E-state index contributed by atoms with van der Waals surface area (Å²) in [5.74, 6) is 0.951. The number of ether oxygens (including phenoxy) is 2. The third-order valence-electron chi connectivity index (χ3n) is 5.81. The fraction of sp³-hybridized carbons (Fsp3) is 0.409. The number of aromatic nitrogens is 3. The Balaban J connectivity index is 1.71. The Bertz CT molecular complexity index is 1250. The molecule has 182 valence electrons. The molecule has 1 aliphatic rings. The van der Waals surface area contributed by atoms with Crippen LogP contribution in [0.25, 0.3) is 17.3 Å². The van der Waals surface area contributed by atoms with Crippen molar-refractivity contribution in [3.63, 3.8) is 0 Å². The van der Waals surface area contributed by atoms with Gasteiger partial charge in [-0.1, -0.05) is 13.0 Å². The van der Waals surface area contributed by atoms with Crippen molar-refractivity contribution in [1.29, 1.82) is 0 Å². The molecule has 0 bridgehead atoms. The number of nitrogens with zero attached hydrogens (tertiary/aromatic N) is 4. The number of hydrogen-bond donors (Lipinski definition) is 1. The largest absolute Gasteiger partial charge is 0.494 e. The smallest absolute Gasteiger partial charge is 0.243 e. The number of hydrogen-bond acceptors (Lipinski definition) is 8. The average Bonchev–Trinajstić information content (AvgIpc) is 3.52. The van der Waals surface area contributed by atoms with E-state index < -0.39 is 10.0 Å². The van der Waals surface area contributed by atoms with Crippen LogP contribution in [-0.2, 0) is 14.8 Å². The number of rotatable bonds is 9. The molecule has 0 saturated carbocycles. The van der Waals surface area contributed by atoms with Gasteiger partial charge in [0, 0.05) is 18.5 Å². The van der Waals surface area contributed by atoms with E-state index in [0.717, 1.165) is 0 Å². The summed E-state index contributed by atoms with van der Waals surface area (Å²) in [6.07, 6.45) is 2.19. The van der Waals surface area contributed by atoms with Crippen LogP contribution in [0.4, 0.5) is 5.95 Å². The minimum Gasteiger partial charge on any atom is -0.494 e. The predicted octanol–water partition coefficient (Wildman–Crippen LogP) is 2.54. The summed E-state index contributed by atoms with van der Waals surface area (Å²) >= 11 is 0. The summed E-state index contributed by atoms with van der Waals surface area (Å²) in [6, 6.07) is 8.53. The van der Waals surface area contributed by atoms with Crippen LogP contribution >= 0.6 is 0 Å². The molecule has 1 aliphatic heterocycles. The summed E-state index contributed by atoms with van der Waals surface area (Å²) in [6.45, 7) is 3.85. The van der Waals surface area contributed by atoms with Gasteiger partial charge in [-0.2, -0.15) is 0 Å². The van der Waals surface area contributed by atoms with Crippen LogP contribution < -0.4 is 14.2 Å². The van der Waals surface area contributed by atoms with E-state index in [9.17, 15) is 13.2 Å². The molecule has 3 aromatic rings. The highest BCUT2D eigenvalue weighted by Gasteiger charge is 2.35. The zero-order valence-corrected chi connectivity index (χ0v) is 20.2. The fourth-order valence-corrected chi connectivity index (χ4v) is 5.11. The molecular formula is C22H27N5O6S. The van der Waals surface area contributed by atoms with Crippen LogP contribution in [-0.4, -0.2) is 66.5 Å². The number of anilines is 1. The number of amides is 1. The summed E-state index contributed by atoms with van der Waals surface area (Å²) in [5.41, 5.74) is 0.402. The summed E-state index contributed by atoms with van der Waals surface area (Å²) in [5, 5.41) is 8.24. The fourth-order valence-electron chi connectivity index (χ4n) is 4.16. The van der Waals surface area contributed by atoms with E-state index in [1.807, 2.05) is 13.8 Å². The average molecular weight is 490 g/mol. The second-order valence-electron chi connectivity index (χ2n) is 8.11. The van der Waals surface area contributed by atoms with Crippen molar-refractivity contribution in [2.45, 2.75) is 26.3 Å². The van der Waals surface area contributed by atoms with Gasteiger partial charge in [0.15, 0.2) is 5.76 Å². The van der Waals surface area contributed by atoms with Crippen LogP contribution in [0, 0.1) is 5.92 Å². The van der Waals surface area contributed by atoms with E-state index in [-0.39, 0.29) is 41.9 Å². The molecule has 0 aliphatic carbocycles. The van der Waals surface area contributed by atoms with Gasteiger partial charge < -0.3 is 18.8 Å². The number of methoxy groups -OCH3 is 2. The van der Waals surface area contributed by atoms with Gasteiger partial charge in [-0.25, -0.2) is 8.42 Å². The van der Waals surface area contributed by atoms with Crippen molar-refractivity contribution in [3.05, 3.63) is 36.6 Å². The molecule has 0 unspecified atom stereocenters. The summed E-state index contributed by atoms with van der Waals surface area (Å²) in [7, 11) is -0.902. The number of nitrogens with one attached hydrogen (secondary N) is 1. The van der Waals surface area contributed by atoms with Gasteiger partial charge >= 0.3 is 0 Å². The molecule has 11 nitrogen and oxygen atoms in total. The first-order valence-corrected chi connectivity index (χ1v) is 12.4. The van der Waals surface area contributed by atoms with Gasteiger partial charge in [0.2, 0.25) is 27.7 Å². The molecule has 34 heavy (non-hydrogen) atoms. The molecule has 1 aromatic carbocycles.